The molecule has 142 valence electrons. The van der Waals surface area contributed by atoms with Crippen molar-refractivity contribution in [2.45, 2.75) is 0 Å². The van der Waals surface area contributed by atoms with Crippen LogP contribution in [0.15, 0.2) is 30.6 Å². The molecule has 3 aromatic heterocycles. The molecular weight excluding hydrogens is 354 g/mol. The second-order valence-electron chi connectivity index (χ2n) is 5.40. The number of amides is 1. The van der Waals surface area contributed by atoms with Gasteiger partial charge in [0.15, 0.2) is 17.1 Å². The first-order chi connectivity index (χ1) is 13.1. The fourth-order valence-corrected chi connectivity index (χ4v) is 2.58. The van der Waals surface area contributed by atoms with Crippen molar-refractivity contribution in [3.8, 4) is 5.75 Å². The molecule has 11 nitrogen and oxygen atoms in total. The van der Waals surface area contributed by atoms with Crippen molar-refractivity contribution >= 4 is 28.6 Å². The third-order valence-electron chi connectivity index (χ3n) is 3.82. The highest BCUT2D eigenvalue weighted by molar-refractivity contribution is 6.00. The van der Waals surface area contributed by atoms with Crippen LogP contribution in [-0.4, -0.2) is 66.0 Å². The standard InChI is InChI=1S/C9H11N3O2.C7H8N4O2/c1-11-6-8(13)12(14-2)9-7(11)4-3-5-10-9;1-12-5-3-4-8-7-6(5)9-10-11(7)13-2/h3-5H,6H2,1-2H3;3-4H,1-2H3. The number of hydrogen-bond donors (Lipinski definition) is 0. The Morgan fingerprint density at radius 1 is 1.07 bits per heavy atom. The van der Waals surface area contributed by atoms with Gasteiger partial charge in [0.1, 0.15) is 7.11 Å². The number of hydrogen-bond acceptors (Lipinski definition) is 9. The van der Waals surface area contributed by atoms with Crippen molar-refractivity contribution < 1.29 is 19.2 Å². The summed E-state index contributed by atoms with van der Waals surface area (Å²) in [6, 6.07) is 5.46. The molecule has 11 heteroatoms. The van der Waals surface area contributed by atoms with E-state index in [1.54, 1.807) is 25.6 Å². The Morgan fingerprint density at radius 3 is 2.59 bits per heavy atom. The Labute approximate surface area is 155 Å². The van der Waals surface area contributed by atoms with Crippen LogP contribution in [-0.2, 0) is 9.63 Å². The minimum Gasteiger partial charge on any atom is -0.494 e. The Balaban J connectivity index is 0.000000156. The molecule has 1 amide bonds. The van der Waals surface area contributed by atoms with Crippen molar-refractivity contribution in [3.63, 3.8) is 0 Å². The van der Waals surface area contributed by atoms with Crippen LogP contribution in [0, 0.1) is 0 Å². The first-order valence-corrected chi connectivity index (χ1v) is 7.92. The highest BCUT2D eigenvalue weighted by Crippen LogP contribution is 2.29. The van der Waals surface area contributed by atoms with E-state index >= 15 is 0 Å². The summed E-state index contributed by atoms with van der Waals surface area (Å²) < 4.78 is 5.07. The van der Waals surface area contributed by atoms with Crippen LogP contribution in [0.1, 0.15) is 0 Å². The first kappa shape index (κ1) is 18.3. The highest BCUT2D eigenvalue weighted by Gasteiger charge is 2.28. The van der Waals surface area contributed by atoms with Crippen LogP contribution >= 0.6 is 0 Å². The van der Waals surface area contributed by atoms with Gasteiger partial charge in [-0.1, -0.05) is 4.85 Å². The van der Waals surface area contributed by atoms with Crippen molar-refractivity contribution in [2.24, 2.45) is 0 Å². The third kappa shape index (κ3) is 3.44. The SMILES string of the molecule is CON1C(=O)CN(C)c2cccnc21.COc1ccnc2c1nnn2OC. The lowest BCUT2D eigenvalue weighted by atomic mass is 10.3. The van der Waals surface area contributed by atoms with Crippen LogP contribution < -0.4 is 19.5 Å². The van der Waals surface area contributed by atoms with Gasteiger partial charge in [-0.3, -0.25) is 9.63 Å². The van der Waals surface area contributed by atoms with Gasteiger partial charge in [-0.05, 0) is 17.3 Å². The molecule has 0 atom stereocenters. The van der Waals surface area contributed by atoms with Crippen LogP contribution in [0.5, 0.6) is 5.75 Å². The normalized spacial score (nSPS) is 13.1. The van der Waals surface area contributed by atoms with E-state index in [2.05, 4.69) is 20.3 Å². The van der Waals surface area contributed by atoms with Gasteiger partial charge in [-0.25, -0.2) is 9.97 Å². The molecule has 0 radical (unpaired) electrons. The van der Waals surface area contributed by atoms with Crippen molar-refractivity contribution in [3.05, 3.63) is 30.6 Å². The molecule has 0 unspecified atom stereocenters. The summed E-state index contributed by atoms with van der Waals surface area (Å²) in [5, 5.41) is 8.80. The number of fused-ring (bicyclic) bond motifs is 2. The number of ether oxygens (including phenoxy) is 1. The van der Waals surface area contributed by atoms with E-state index < -0.39 is 0 Å². The van der Waals surface area contributed by atoms with Gasteiger partial charge in [0.05, 0.1) is 26.5 Å². The van der Waals surface area contributed by atoms with Crippen LogP contribution in [0.2, 0.25) is 0 Å². The maximum atomic E-state index is 11.5. The van der Waals surface area contributed by atoms with E-state index in [0.717, 1.165) is 5.69 Å². The molecule has 3 aromatic rings. The Hall–Kier alpha value is -3.47. The maximum Gasteiger partial charge on any atom is 0.271 e. The highest BCUT2D eigenvalue weighted by atomic mass is 16.7. The van der Waals surface area contributed by atoms with Crippen molar-refractivity contribution in [1.29, 1.82) is 0 Å². The molecule has 0 saturated heterocycles. The second-order valence-corrected chi connectivity index (χ2v) is 5.40. The predicted octanol–water partition coefficient (Wildman–Crippen LogP) is 0.319. The Bertz CT molecular complexity index is 945. The minimum atomic E-state index is -0.110. The summed E-state index contributed by atoms with van der Waals surface area (Å²) in [5.74, 6) is 1.07. The maximum absolute atomic E-state index is 11.5. The number of pyridine rings is 2. The molecular formula is C16H19N7O4. The zero-order valence-corrected chi connectivity index (χ0v) is 15.4. The van der Waals surface area contributed by atoms with Crippen LogP contribution in [0.3, 0.4) is 0 Å². The van der Waals surface area contributed by atoms with E-state index in [0.29, 0.717) is 29.3 Å². The predicted molar refractivity (Wildman–Crippen MR) is 96.4 cm³/mol. The molecule has 27 heavy (non-hydrogen) atoms. The first-order valence-electron chi connectivity index (χ1n) is 7.92. The number of hydroxylamine groups is 1. The Kier molecular flexibility index (Phi) is 5.31. The molecule has 0 aromatic carbocycles. The molecule has 0 bridgehead atoms. The van der Waals surface area contributed by atoms with Gasteiger partial charge in [-0.15, -0.1) is 5.10 Å². The zero-order valence-electron chi connectivity index (χ0n) is 15.4. The van der Waals surface area contributed by atoms with Gasteiger partial charge < -0.3 is 14.5 Å². The molecule has 0 saturated carbocycles. The zero-order chi connectivity index (χ0) is 19.4. The smallest absolute Gasteiger partial charge is 0.271 e. The summed E-state index contributed by atoms with van der Waals surface area (Å²) in [7, 11) is 6.38. The fourth-order valence-electron chi connectivity index (χ4n) is 2.58. The summed E-state index contributed by atoms with van der Waals surface area (Å²) in [6.45, 7) is 0.312. The molecule has 0 fully saturated rings. The number of carbonyl (C=O) groups is 1. The van der Waals surface area contributed by atoms with Gasteiger partial charge in [-0.2, -0.15) is 5.06 Å². The number of nitrogens with zero attached hydrogens (tertiary/aromatic N) is 7. The average molecular weight is 373 g/mol. The number of anilines is 2. The van der Waals surface area contributed by atoms with Gasteiger partial charge in [0.25, 0.3) is 5.91 Å². The molecule has 4 rings (SSSR count). The number of methoxy groups -OCH3 is 1. The van der Waals surface area contributed by atoms with Crippen molar-refractivity contribution in [2.75, 3.05) is 44.9 Å². The van der Waals surface area contributed by atoms with Crippen molar-refractivity contribution in [1.82, 2.24) is 25.1 Å². The van der Waals surface area contributed by atoms with E-state index in [4.69, 9.17) is 14.4 Å². The van der Waals surface area contributed by atoms with Crippen LogP contribution in [0.25, 0.3) is 11.2 Å². The topological polar surface area (TPSA) is 108 Å². The molecule has 4 heterocycles. The van der Waals surface area contributed by atoms with E-state index in [9.17, 15) is 4.79 Å². The lowest BCUT2D eigenvalue weighted by Crippen LogP contribution is -2.44. The lowest BCUT2D eigenvalue weighted by Gasteiger charge is -2.31. The lowest BCUT2D eigenvalue weighted by molar-refractivity contribution is -0.123. The number of rotatable bonds is 3. The monoisotopic (exact) mass is 373 g/mol. The van der Waals surface area contributed by atoms with Crippen LogP contribution in [0.4, 0.5) is 11.5 Å². The second kappa shape index (κ2) is 7.83. The van der Waals surface area contributed by atoms with Gasteiger partial charge >= 0.3 is 0 Å². The summed E-state index contributed by atoms with van der Waals surface area (Å²) in [6.07, 6.45) is 3.25. The number of likely N-dealkylation sites (N-methyl/N-ethyl adjacent to an activating group) is 1. The number of aromatic nitrogens is 5. The van der Waals surface area contributed by atoms with Gasteiger partial charge in [0.2, 0.25) is 5.65 Å². The largest absolute Gasteiger partial charge is 0.494 e. The molecule has 0 N–H and O–H groups in total. The van der Waals surface area contributed by atoms with E-state index in [1.807, 2.05) is 24.1 Å². The van der Waals surface area contributed by atoms with E-state index in [-0.39, 0.29) is 5.91 Å². The summed E-state index contributed by atoms with van der Waals surface area (Å²) in [4.78, 5) is 32.6. The van der Waals surface area contributed by atoms with E-state index in [1.165, 1.54) is 24.1 Å². The summed E-state index contributed by atoms with van der Waals surface area (Å²) >= 11 is 0. The average Bonchev–Trinajstić information content (AvgIpc) is 3.12. The fraction of sp³-hybridized carbons (Fsp3) is 0.312. The minimum absolute atomic E-state index is 0.110. The number of carbonyl (C=O) groups excluding carboxylic acids is 1. The molecule has 1 aliphatic heterocycles. The third-order valence-corrected chi connectivity index (χ3v) is 3.82. The Morgan fingerprint density at radius 2 is 1.89 bits per heavy atom. The molecule has 0 aliphatic carbocycles. The summed E-state index contributed by atoms with van der Waals surface area (Å²) in [5.41, 5.74) is 2.03. The molecule has 1 aliphatic rings. The van der Waals surface area contributed by atoms with Gasteiger partial charge in [0, 0.05) is 25.5 Å². The molecule has 0 spiro atoms. The quantitative estimate of drug-likeness (QED) is 0.641.